The standard InChI is InChI=1S/C22H36N8O7S2/c1-38-5-3-14(23)20(35)25-9-17(31)29-15(4-6-39-2)21(36)26-10-18(32)30-16(7-13-8-24-12-28-13)22(37)27-11-19(33)34/h8,12,14-16H,3-7,9-11,23H2,1-2H3,(H,24,28)(H,25,35)(H,26,36)(H,27,37)(H,29,31)(H,30,32)(H,33,34)/t14-,15-,16-/m0/s1. The number of rotatable bonds is 19. The number of hydrogen-bond donors (Lipinski definition) is 8. The molecule has 0 aromatic carbocycles. The van der Waals surface area contributed by atoms with Gasteiger partial charge in [-0.25, -0.2) is 4.98 Å². The molecular weight excluding hydrogens is 552 g/mol. The number of H-pyrrole nitrogens is 1. The summed E-state index contributed by atoms with van der Waals surface area (Å²) in [5.74, 6) is -3.17. The molecule has 1 rings (SSSR count). The van der Waals surface area contributed by atoms with Gasteiger partial charge < -0.3 is 42.4 Å². The fourth-order valence-electron chi connectivity index (χ4n) is 3.07. The number of hydrogen-bond acceptors (Lipinski definition) is 10. The summed E-state index contributed by atoms with van der Waals surface area (Å²) in [5.41, 5.74) is 6.23. The number of nitrogens with one attached hydrogen (secondary N) is 6. The van der Waals surface area contributed by atoms with E-state index in [1.165, 1.54) is 24.3 Å². The third-order valence-corrected chi connectivity index (χ3v) is 6.40. The number of carboxylic acids is 1. The number of aromatic nitrogens is 2. The molecule has 0 fully saturated rings. The van der Waals surface area contributed by atoms with Gasteiger partial charge in [0.25, 0.3) is 0 Å². The Labute approximate surface area is 234 Å². The van der Waals surface area contributed by atoms with Crippen LogP contribution in [0.3, 0.4) is 0 Å². The number of aromatic amines is 1. The maximum atomic E-state index is 12.7. The number of thioether (sulfide) groups is 2. The van der Waals surface area contributed by atoms with Gasteiger partial charge in [0.1, 0.15) is 18.6 Å². The van der Waals surface area contributed by atoms with Crippen LogP contribution < -0.4 is 32.3 Å². The summed E-state index contributed by atoms with van der Waals surface area (Å²) < 4.78 is 0. The van der Waals surface area contributed by atoms with E-state index >= 15 is 0 Å². The van der Waals surface area contributed by atoms with Crippen LogP contribution in [0.4, 0.5) is 0 Å². The van der Waals surface area contributed by atoms with Gasteiger partial charge in [0.05, 0.1) is 31.2 Å². The second kappa shape index (κ2) is 18.9. The van der Waals surface area contributed by atoms with Crippen LogP contribution in [0.5, 0.6) is 0 Å². The quantitative estimate of drug-likeness (QED) is 0.0820. The lowest BCUT2D eigenvalue weighted by atomic mass is 10.1. The van der Waals surface area contributed by atoms with E-state index in [1.54, 1.807) is 11.8 Å². The fraction of sp³-hybridized carbons (Fsp3) is 0.591. The first kappa shape index (κ1) is 33.7. The van der Waals surface area contributed by atoms with Crippen molar-refractivity contribution in [1.82, 2.24) is 36.6 Å². The Balaban J connectivity index is 2.66. The molecule has 0 unspecified atom stereocenters. The summed E-state index contributed by atoms with van der Waals surface area (Å²) in [7, 11) is 0. The van der Waals surface area contributed by atoms with Crippen molar-refractivity contribution in [2.24, 2.45) is 5.73 Å². The molecule has 17 heteroatoms. The highest BCUT2D eigenvalue weighted by atomic mass is 32.2. The monoisotopic (exact) mass is 588 g/mol. The molecular formula is C22H36N8O7S2. The van der Waals surface area contributed by atoms with E-state index in [9.17, 15) is 28.8 Å². The van der Waals surface area contributed by atoms with Gasteiger partial charge in [-0.2, -0.15) is 23.5 Å². The van der Waals surface area contributed by atoms with Crippen LogP contribution in [0, 0.1) is 0 Å². The van der Waals surface area contributed by atoms with Gasteiger partial charge in [-0.05, 0) is 36.9 Å². The summed E-state index contributed by atoms with van der Waals surface area (Å²) >= 11 is 3.00. The third-order valence-electron chi connectivity index (χ3n) is 5.11. The number of carbonyl (C=O) groups excluding carboxylic acids is 5. The van der Waals surface area contributed by atoms with Gasteiger partial charge in [0.2, 0.25) is 29.5 Å². The molecule has 3 atom stereocenters. The van der Waals surface area contributed by atoms with E-state index in [4.69, 9.17) is 10.8 Å². The number of nitrogens with zero attached hydrogens (tertiary/aromatic N) is 1. The summed E-state index contributed by atoms with van der Waals surface area (Å²) in [6.07, 6.45) is 7.33. The Hall–Kier alpha value is -3.31. The van der Waals surface area contributed by atoms with Crippen LogP contribution in [0.2, 0.25) is 0 Å². The molecule has 5 amide bonds. The van der Waals surface area contributed by atoms with Gasteiger partial charge in [0, 0.05) is 12.6 Å². The van der Waals surface area contributed by atoms with E-state index in [0.29, 0.717) is 23.6 Å². The second-order valence-electron chi connectivity index (χ2n) is 8.22. The smallest absolute Gasteiger partial charge is 0.322 e. The van der Waals surface area contributed by atoms with Crippen LogP contribution in [-0.2, 0) is 35.2 Å². The number of carbonyl (C=O) groups is 6. The molecule has 0 aliphatic heterocycles. The molecule has 9 N–H and O–H groups in total. The molecule has 1 aromatic rings. The van der Waals surface area contributed by atoms with Crippen LogP contribution >= 0.6 is 23.5 Å². The Kier molecular flexibility index (Phi) is 16.3. The number of amides is 5. The largest absolute Gasteiger partial charge is 0.480 e. The predicted octanol–water partition coefficient (Wildman–Crippen LogP) is -2.81. The minimum absolute atomic E-state index is 0.0201. The lowest BCUT2D eigenvalue weighted by molar-refractivity contribution is -0.138. The second-order valence-corrected chi connectivity index (χ2v) is 10.2. The van der Waals surface area contributed by atoms with E-state index < -0.39 is 66.7 Å². The lowest BCUT2D eigenvalue weighted by Gasteiger charge is -2.20. The minimum atomic E-state index is -1.25. The van der Waals surface area contributed by atoms with Crippen LogP contribution in [0.1, 0.15) is 18.5 Å². The molecule has 39 heavy (non-hydrogen) atoms. The first-order valence-electron chi connectivity index (χ1n) is 11.9. The molecule has 0 bridgehead atoms. The highest BCUT2D eigenvalue weighted by Crippen LogP contribution is 2.02. The van der Waals surface area contributed by atoms with E-state index in [1.807, 2.05) is 12.5 Å². The number of aliphatic carboxylic acids is 1. The van der Waals surface area contributed by atoms with Crippen molar-refractivity contribution in [2.75, 3.05) is 43.7 Å². The highest BCUT2D eigenvalue weighted by Gasteiger charge is 2.25. The normalized spacial score (nSPS) is 12.9. The number of carboxylic acid groups (broad SMARTS) is 1. The van der Waals surface area contributed by atoms with Crippen molar-refractivity contribution in [3.63, 3.8) is 0 Å². The van der Waals surface area contributed by atoms with Crippen LogP contribution in [-0.4, -0.2) is 112 Å². The van der Waals surface area contributed by atoms with Crippen molar-refractivity contribution in [3.8, 4) is 0 Å². The average molecular weight is 589 g/mol. The number of nitrogens with two attached hydrogens (primary N) is 1. The van der Waals surface area contributed by atoms with Crippen molar-refractivity contribution in [1.29, 1.82) is 0 Å². The molecule has 0 saturated heterocycles. The summed E-state index contributed by atoms with van der Waals surface area (Å²) in [5, 5.41) is 20.8. The van der Waals surface area contributed by atoms with Gasteiger partial charge in [-0.3, -0.25) is 28.8 Å². The molecule has 0 aliphatic carbocycles. The lowest BCUT2D eigenvalue weighted by Crippen LogP contribution is -2.54. The first-order chi connectivity index (χ1) is 18.6. The SMILES string of the molecule is CSCC[C@H](NC(=O)CNC(=O)[C@@H](N)CCSC)C(=O)NCC(=O)N[C@@H](Cc1c[nH]cn1)C(=O)NCC(=O)O. The molecule has 0 aliphatic rings. The minimum Gasteiger partial charge on any atom is -0.480 e. The Morgan fingerprint density at radius 3 is 1.97 bits per heavy atom. The zero-order valence-corrected chi connectivity index (χ0v) is 23.4. The number of imidazole rings is 1. The molecule has 1 heterocycles. The Morgan fingerprint density at radius 2 is 1.41 bits per heavy atom. The summed E-state index contributed by atoms with van der Waals surface area (Å²) in [4.78, 5) is 79.5. The van der Waals surface area contributed by atoms with Gasteiger partial charge in [-0.1, -0.05) is 0 Å². The van der Waals surface area contributed by atoms with E-state index in [-0.39, 0.29) is 19.4 Å². The zero-order valence-electron chi connectivity index (χ0n) is 21.8. The van der Waals surface area contributed by atoms with Crippen LogP contribution in [0.15, 0.2) is 12.5 Å². The highest BCUT2D eigenvalue weighted by molar-refractivity contribution is 7.98. The third kappa shape index (κ3) is 14.4. The van der Waals surface area contributed by atoms with Crippen molar-refractivity contribution >= 4 is 59.0 Å². The Morgan fingerprint density at radius 1 is 0.872 bits per heavy atom. The van der Waals surface area contributed by atoms with E-state index in [2.05, 4.69) is 36.6 Å². The molecule has 218 valence electrons. The maximum Gasteiger partial charge on any atom is 0.322 e. The molecule has 1 aromatic heterocycles. The summed E-state index contributed by atoms with van der Waals surface area (Å²) in [6, 6.07) is -2.86. The van der Waals surface area contributed by atoms with Crippen LogP contribution in [0.25, 0.3) is 0 Å². The van der Waals surface area contributed by atoms with Crippen molar-refractivity contribution in [2.45, 2.75) is 37.4 Å². The van der Waals surface area contributed by atoms with Gasteiger partial charge in [-0.15, -0.1) is 0 Å². The maximum absolute atomic E-state index is 12.7. The molecule has 15 nitrogen and oxygen atoms in total. The van der Waals surface area contributed by atoms with Crippen molar-refractivity contribution in [3.05, 3.63) is 18.2 Å². The topological polar surface area (TPSA) is 237 Å². The van der Waals surface area contributed by atoms with Gasteiger partial charge in [0.15, 0.2) is 0 Å². The van der Waals surface area contributed by atoms with Crippen molar-refractivity contribution < 1.29 is 33.9 Å². The average Bonchev–Trinajstić information content (AvgIpc) is 3.42. The summed E-state index contributed by atoms with van der Waals surface area (Å²) in [6.45, 7) is -1.51. The predicted molar refractivity (Wildman–Crippen MR) is 147 cm³/mol. The molecule has 0 saturated carbocycles. The first-order valence-corrected chi connectivity index (χ1v) is 14.7. The zero-order chi connectivity index (χ0) is 29.2. The molecule has 0 spiro atoms. The fourth-order valence-corrected chi connectivity index (χ4v) is 4.03. The van der Waals surface area contributed by atoms with E-state index in [0.717, 1.165) is 0 Å². The van der Waals surface area contributed by atoms with Gasteiger partial charge >= 0.3 is 5.97 Å². The Bertz CT molecular complexity index is 964. The molecule has 0 radical (unpaired) electrons.